The zero-order valence-electron chi connectivity index (χ0n) is 11.4. The van der Waals surface area contributed by atoms with Crippen molar-refractivity contribution in [2.24, 2.45) is 0 Å². The fourth-order valence-electron chi connectivity index (χ4n) is 1.99. The number of hydrogen-bond acceptors (Lipinski definition) is 4. The topological polar surface area (TPSA) is 66.5 Å². The van der Waals surface area contributed by atoms with Gasteiger partial charge in [-0.05, 0) is 39.2 Å². The van der Waals surface area contributed by atoms with E-state index in [0.29, 0.717) is 16.7 Å². The zero-order chi connectivity index (χ0) is 13.8. The lowest BCUT2D eigenvalue weighted by molar-refractivity contribution is 0.846. The van der Waals surface area contributed by atoms with E-state index in [1.54, 1.807) is 6.20 Å². The maximum atomic E-state index is 6.02. The number of aryl methyl sites for hydroxylation is 3. The molecule has 0 saturated carbocycles. The maximum Gasteiger partial charge on any atom is 0.148 e. The molecule has 0 fully saturated rings. The molecule has 2 heterocycles. The van der Waals surface area contributed by atoms with Crippen molar-refractivity contribution < 1.29 is 0 Å². The predicted octanol–water partition coefficient (Wildman–Crippen LogP) is 2.82. The van der Waals surface area contributed by atoms with Crippen LogP contribution in [0.25, 0.3) is 0 Å². The second-order valence-corrected chi connectivity index (χ2v) is 4.96. The summed E-state index contributed by atoms with van der Waals surface area (Å²) in [6.45, 7) is 6.74. The quantitative estimate of drug-likeness (QED) is 0.826. The van der Waals surface area contributed by atoms with Crippen molar-refractivity contribution in [1.82, 2.24) is 20.2 Å². The smallest absolute Gasteiger partial charge is 0.148 e. The van der Waals surface area contributed by atoms with Crippen LogP contribution in [0.15, 0.2) is 6.20 Å². The van der Waals surface area contributed by atoms with E-state index in [1.807, 2.05) is 20.8 Å². The first-order valence-electron chi connectivity index (χ1n) is 6.31. The van der Waals surface area contributed by atoms with Crippen molar-refractivity contribution >= 4 is 17.4 Å². The molecule has 6 heteroatoms. The Bertz CT molecular complexity index is 545. The predicted molar refractivity (Wildman–Crippen MR) is 76.7 cm³/mol. The van der Waals surface area contributed by atoms with E-state index in [1.165, 1.54) is 5.56 Å². The summed E-state index contributed by atoms with van der Waals surface area (Å²) in [6, 6.07) is 0. The van der Waals surface area contributed by atoms with Gasteiger partial charge in [0.25, 0.3) is 0 Å². The van der Waals surface area contributed by atoms with Crippen LogP contribution in [0.2, 0.25) is 5.02 Å². The summed E-state index contributed by atoms with van der Waals surface area (Å²) in [7, 11) is 0. The summed E-state index contributed by atoms with van der Waals surface area (Å²) in [4.78, 5) is 8.31. The second-order valence-electron chi connectivity index (χ2n) is 4.56. The Hall–Kier alpha value is -1.62. The van der Waals surface area contributed by atoms with Gasteiger partial charge in [-0.15, -0.1) is 0 Å². The third-order valence-corrected chi connectivity index (χ3v) is 3.32. The van der Waals surface area contributed by atoms with Gasteiger partial charge in [0.15, 0.2) is 0 Å². The third kappa shape index (κ3) is 3.44. The van der Waals surface area contributed by atoms with E-state index >= 15 is 0 Å². The highest BCUT2D eigenvalue weighted by Crippen LogP contribution is 2.18. The minimum atomic E-state index is 0.557. The third-order valence-electron chi connectivity index (χ3n) is 3.04. The van der Waals surface area contributed by atoms with Gasteiger partial charge in [-0.2, -0.15) is 5.10 Å². The highest BCUT2D eigenvalue weighted by atomic mass is 35.5. The summed E-state index contributed by atoms with van der Waals surface area (Å²) in [5.74, 6) is 1.42. The van der Waals surface area contributed by atoms with Crippen LogP contribution >= 0.6 is 11.6 Å². The van der Waals surface area contributed by atoms with Gasteiger partial charge in [0.05, 0.1) is 11.9 Å². The van der Waals surface area contributed by atoms with Crippen LogP contribution in [-0.4, -0.2) is 26.7 Å². The average Bonchev–Trinajstić information content (AvgIpc) is 2.69. The average molecular weight is 280 g/mol. The minimum absolute atomic E-state index is 0.557. The maximum absolute atomic E-state index is 6.02. The summed E-state index contributed by atoms with van der Waals surface area (Å²) in [6.07, 6.45) is 3.61. The Kier molecular flexibility index (Phi) is 4.37. The van der Waals surface area contributed by atoms with Gasteiger partial charge in [-0.25, -0.2) is 9.97 Å². The van der Waals surface area contributed by atoms with Crippen LogP contribution in [0, 0.1) is 20.8 Å². The van der Waals surface area contributed by atoms with Crippen molar-refractivity contribution in [2.45, 2.75) is 33.6 Å². The molecule has 0 spiro atoms. The number of H-pyrrole nitrogens is 1. The molecule has 0 amide bonds. The Labute approximate surface area is 117 Å². The molecule has 0 unspecified atom stereocenters. The van der Waals surface area contributed by atoms with Gasteiger partial charge in [0, 0.05) is 12.2 Å². The van der Waals surface area contributed by atoms with E-state index in [4.69, 9.17) is 11.6 Å². The molecule has 0 atom stereocenters. The summed E-state index contributed by atoms with van der Waals surface area (Å²) in [5, 5.41) is 11.0. The first kappa shape index (κ1) is 13.8. The lowest BCUT2D eigenvalue weighted by Gasteiger charge is -2.07. The molecule has 0 aromatic carbocycles. The Morgan fingerprint density at radius 3 is 2.79 bits per heavy atom. The number of rotatable bonds is 5. The standard InChI is InChI=1S/C13H18ClN5/c1-8-11(9(2)19-18-8)5-4-6-15-13-12(14)7-16-10(3)17-13/h7H,4-6H2,1-3H3,(H,18,19)(H,15,16,17). The van der Waals surface area contributed by atoms with E-state index in [0.717, 1.165) is 30.8 Å². The number of nitrogens with one attached hydrogen (secondary N) is 2. The molecule has 5 nitrogen and oxygen atoms in total. The van der Waals surface area contributed by atoms with Crippen LogP contribution in [0.4, 0.5) is 5.82 Å². The van der Waals surface area contributed by atoms with Crippen molar-refractivity contribution in [2.75, 3.05) is 11.9 Å². The molecule has 0 bridgehead atoms. The van der Waals surface area contributed by atoms with Gasteiger partial charge in [0.2, 0.25) is 0 Å². The first-order valence-corrected chi connectivity index (χ1v) is 6.69. The van der Waals surface area contributed by atoms with Crippen molar-refractivity contribution in [1.29, 1.82) is 0 Å². The van der Waals surface area contributed by atoms with E-state index in [-0.39, 0.29) is 0 Å². The summed E-state index contributed by atoms with van der Waals surface area (Å²) in [5.41, 5.74) is 3.52. The van der Waals surface area contributed by atoms with Gasteiger partial charge >= 0.3 is 0 Å². The highest BCUT2D eigenvalue weighted by molar-refractivity contribution is 6.32. The largest absolute Gasteiger partial charge is 0.369 e. The molecule has 0 aliphatic rings. The molecule has 0 radical (unpaired) electrons. The van der Waals surface area contributed by atoms with E-state index < -0.39 is 0 Å². The van der Waals surface area contributed by atoms with Crippen molar-refractivity contribution in [3.8, 4) is 0 Å². The highest BCUT2D eigenvalue weighted by Gasteiger charge is 2.06. The second kappa shape index (κ2) is 6.02. The number of aromatic nitrogens is 4. The SMILES string of the molecule is Cc1ncc(Cl)c(NCCCc2c(C)n[nH]c2C)n1. The number of anilines is 1. The summed E-state index contributed by atoms with van der Waals surface area (Å²) >= 11 is 6.02. The first-order chi connectivity index (χ1) is 9.08. The van der Waals surface area contributed by atoms with Gasteiger partial charge in [-0.1, -0.05) is 11.6 Å². The molecule has 2 N–H and O–H groups in total. The molecule has 102 valence electrons. The zero-order valence-corrected chi connectivity index (χ0v) is 12.2. The normalized spacial score (nSPS) is 10.7. The monoisotopic (exact) mass is 279 g/mol. The molecular weight excluding hydrogens is 262 g/mol. The summed E-state index contributed by atoms with van der Waals surface area (Å²) < 4.78 is 0. The lowest BCUT2D eigenvalue weighted by Crippen LogP contribution is -2.07. The molecular formula is C13H18ClN5. The Morgan fingerprint density at radius 2 is 2.11 bits per heavy atom. The van der Waals surface area contributed by atoms with Crippen molar-refractivity contribution in [3.63, 3.8) is 0 Å². The van der Waals surface area contributed by atoms with Crippen LogP contribution < -0.4 is 5.32 Å². The number of hydrogen-bond donors (Lipinski definition) is 2. The van der Waals surface area contributed by atoms with Gasteiger partial charge in [-0.3, -0.25) is 5.10 Å². The molecule has 2 rings (SSSR count). The van der Waals surface area contributed by atoms with Crippen LogP contribution in [0.1, 0.15) is 29.2 Å². The molecule has 2 aromatic rings. The molecule has 0 aliphatic heterocycles. The molecule has 19 heavy (non-hydrogen) atoms. The fourth-order valence-corrected chi connectivity index (χ4v) is 2.15. The number of nitrogens with zero attached hydrogens (tertiary/aromatic N) is 3. The van der Waals surface area contributed by atoms with E-state index in [9.17, 15) is 0 Å². The fraction of sp³-hybridized carbons (Fsp3) is 0.462. The Balaban J connectivity index is 1.86. The van der Waals surface area contributed by atoms with Crippen LogP contribution in [-0.2, 0) is 6.42 Å². The van der Waals surface area contributed by atoms with E-state index in [2.05, 4.69) is 25.5 Å². The molecule has 0 aliphatic carbocycles. The number of aromatic amines is 1. The minimum Gasteiger partial charge on any atom is -0.369 e. The van der Waals surface area contributed by atoms with Gasteiger partial charge < -0.3 is 5.32 Å². The Morgan fingerprint density at radius 1 is 1.32 bits per heavy atom. The number of halogens is 1. The molecule has 2 aromatic heterocycles. The van der Waals surface area contributed by atoms with Crippen LogP contribution in [0.3, 0.4) is 0 Å². The molecule has 0 saturated heterocycles. The van der Waals surface area contributed by atoms with Crippen LogP contribution in [0.5, 0.6) is 0 Å². The van der Waals surface area contributed by atoms with Gasteiger partial charge in [0.1, 0.15) is 16.7 Å². The van der Waals surface area contributed by atoms with Crippen molar-refractivity contribution in [3.05, 3.63) is 34.0 Å². The lowest BCUT2D eigenvalue weighted by atomic mass is 10.1.